The van der Waals surface area contributed by atoms with Gasteiger partial charge in [-0.15, -0.1) is 0 Å². The molecule has 118 valence electrons. The van der Waals surface area contributed by atoms with Crippen LogP contribution < -0.4 is 5.73 Å². The van der Waals surface area contributed by atoms with E-state index in [0.717, 1.165) is 12.5 Å². The molecular weight excluding hydrogens is 256 g/mol. The summed E-state index contributed by atoms with van der Waals surface area (Å²) >= 11 is 0. The first-order valence-corrected chi connectivity index (χ1v) is 8.68. The summed E-state index contributed by atoms with van der Waals surface area (Å²) in [6.45, 7) is 4.37. The second-order valence-corrected chi connectivity index (χ2v) is 6.72. The molecule has 1 aromatic carbocycles. The number of aryl methyl sites for hydroxylation is 1. The largest absolute Gasteiger partial charge is 0.330 e. The molecule has 1 fully saturated rings. The van der Waals surface area contributed by atoms with Gasteiger partial charge in [-0.25, -0.2) is 0 Å². The SMILES string of the molecule is CCC1CCC(CN)C(N(C)CCCc2ccccc2)C1. The molecule has 0 amide bonds. The van der Waals surface area contributed by atoms with E-state index in [2.05, 4.69) is 49.2 Å². The predicted molar refractivity (Wildman–Crippen MR) is 91.4 cm³/mol. The van der Waals surface area contributed by atoms with Gasteiger partial charge in [-0.1, -0.05) is 50.1 Å². The fourth-order valence-electron chi connectivity index (χ4n) is 3.82. The first-order chi connectivity index (χ1) is 10.2. The molecule has 0 bridgehead atoms. The van der Waals surface area contributed by atoms with Crippen LogP contribution in [0.1, 0.15) is 44.6 Å². The number of hydrogen-bond donors (Lipinski definition) is 1. The highest BCUT2D eigenvalue weighted by Crippen LogP contribution is 2.33. The van der Waals surface area contributed by atoms with Gasteiger partial charge in [0.05, 0.1) is 0 Å². The Labute approximate surface area is 130 Å². The molecule has 2 nitrogen and oxygen atoms in total. The van der Waals surface area contributed by atoms with Crippen LogP contribution >= 0.6 is 0 Å². The molecule has 1 saturated carbocycles. The maximum atomic E-state index is 6.01. The zero-order valence-corrected chi connectivity index (χ0v) is 13.8. The van der Waals surface area contributed by atoms with E-state index >= 15 is 0 Å². The van der Waals surface area contributed by atoms with Crippen LogP contribution in [0, 0.1) is 11.8 Å². The Morgan fingerprint density at radius 3 is 2.62 bits per heavy atom. The summed E-state index contributed by atoms with van der Waals surface area (Å²) in [5.41, 5.74) is 7.47. The fourth-order valence-corrected chi connectivity index (χ4v) is 3.82. The fraction of sp³-hybridized carbons (Fsp3) is 0.684. The number of hydrogen-bond acceptors (Lipinski definition) is 2. The molecule has 0 heterocycles. The third-order valence-electron chi connectivity index (χ3n) is 5.33. The molecule has 21 heavy (non-hydrogen) atoms. The number of nitrogens with two attached hydrogens (primary N) is 1. The Kier molecular flexibility index (Phi) is 6.72. The zero-order chi connectivity index (χ0) is 15.1. The van der Waals surface area contributed by atoms with Crippen LogP contribution in [0.3, 0.4) is 0 Å². The summed E-state index contributed by atoms with van der Waals surface area (Å²) in [7, 11) is 2.30. The lowest BCUT2D eigenvalue weighted by Gasteiger charge is -2.41. The van der Waals surface area contributed by atoms with Crippen molar-refractivity contribution in [2.75, 3.05) is 20.1 Å². The summed E-state index contributed by atoms with van der Waals surface area (Å²) in [6.07, 6.45) is 7.80. The first kappa shape index (κ1) is 16.5. The molecule has 0 aromatic heterocycles. The van der Waals surface area contributed by atoms with E-state index in [0.29, 0.717) is 12.0 Å². The average Bonchev–Trinajstić information content (AvgIpc) is 2.55. The highest BCUT2D eigenvalue weighted by molar-refractivity contribution is 5.14. The van der Waals surface area contributed by atoms with Gasteiger partial charge in [-0.2, -0.15) is 0 Å². The monoisotopic (exact) mass is 288 g/mol. The van der Waals surface area contributed by atoms with Crippen molar-refractivity contribution in [1.82, 2.24) is 4.90 Å². The van der Waals surface area contributed by atoms with Crippen LogP contribution in [0.2, 0.25) is 0 Å². The van der Waals surface area contributed by atoms with Crippen molar-refractivity contribution < 1.29 is 0 Å². The Hall–Kier alpha value is -0.860. The molecule has 0 aliphatic heterocycles. The molecule has 2 rings (SSSR count). The van der Waals surface area contributed by atoms with Gasteiger partial charge in [0.2, 0.25) is 0 Å². The van der Waals surface area contributed by atoms with E-state index in [4.69, 9.17) is 5.73 Å². The standard InChI is InChI=1S/C19H32N2/c1-3-16-11-12-18(15-20)19(14-16)21(2)13-7-10-17-8-5-4-6-9-17/h4-6,8-9,16,18-19H,3,7,10-15,20H2,1-2H3. The van der Waals surface area contributed by atoms with E-state index in [1.54, 1.807) is 0 Å². The van der Waals surface area contributed by atoms with Crippen LogP contribution in [-0.4, -0.2) is 31.1 Å². The van der Waals surface area contributed by atoms with Gasteiger partial charge < -0.3 is 10.6 Å². The first-order valence-electron chi connectivity index (χ1n) is 8.68. The van der Waals surface area contributed by atoms with Crippen molar-refractivity contribution in [3.05, 3.63) is 35.9 Å². The van der Waals surface area contributed by atoms with Gasteiger partial charge in [-0.3, -0.25) is 0 Å². The molecule has 3 unspecified atom stereocenters. The molecule has 3 atom stereocenters. The molecule has 0 radical (unpaired) electrons. The second kappa shape index (κ2) is 8.55. The minimum atomic E-state index is 0.699. The van der Waals surface area contributed by atoms with Crippen LogP contribution in [0.25, 0.3) is 0 Å². The predicted octanol–water partition coefficient (Wildman–Crippen LogP) is 3.70. The summed E-state index contributed by atoms with van der Waals surface area (Å²) < 4.78 is 0. The molecular formula is C19H32N2. The van der Waals surface area contributed by atoms with Crippen LogP contribution in [-0.2, 0) is 6.42 Å². The summed E-state index contributed by atoms with van der Waals surface area (Å²) in [6, 6.07) is 11.5. The van der Waals surface area contributed by atoms with Gasteiger partial charge in [0.25, 0.3) is 0 Å². The van der Waals surface area contributed by atoms with E-state index in [9.17, 15) is 0 Å². The lowest BCUT2D eigenvalue weighted by molar-refractivity contribution is 0.101. The van der Waals surface area contributed by atoms with Crippen molar-refractivity contribution in [2.45, 2.75) is 51.5 Å². The molecule has 1 aliphatic rings. The lowest BCUT2D eigenvalue weighted by Crippen LogP contribution is -2.45. The molecule has 0 spiro atoms. The smallest absolute Gasteiger partial charge is 0.0135 e. The van der Waals surface area contributed by atoms with E-state index in [-0.39, 0.29) is 0 Å². The maximum Gasteiger partial charge on any atom is 0.0135 e. The summed E-state index contributed by atoms with van der Waals surface area (Å²) in [4.78, 5) is 2.59. The van der Waals surface area contributed by atoms with Crippen LogP contribution in [0.15, 0.2) is 30.3 Å². The number of rotatable bonds is 7. The Bertz CT molecular complexity index is 390. The summed E-state index contributed by atoms with van der Waals surface area (Å²) in [5.74, 6) is 1.61. The maximum absolute atomic E-state index is 6.01. The van der Waals surface area contributed by atoms with Crippen molar-refractivity contribution >= 4 is 0 Å². The highest BCUT2D eigenvalue weighted by atomic mass is 15.1. The van der Waals surface area contributed by atoms with Crippen molar-refractivity contribution in [3.8, 4) is 0 Å². The van der Waals surface area contributed by atoms with Crippen molar-refractivity contribution in [3.63, 3.8) is 0 Å². The third kappa shape index (κ3) is 4.82. The van der Waals surface area contributed by atoms with E-state index in [1.807, 2.05) is 0 Å². The minimum absolute atomic E-state index is 0.699. The Morgan fingerprint density at radius 1 is 1.19 bits per heavy atom. The average molecular weight is 288 g/mol. The van der Waals surface area contributed by atoms with Crippen molar-refractivity contribution in [2.24, 2.45) is 17.6 Å². The third-order valence-corrected chi connectivity index (χ3v) is 5.33. The van der Waals surface area contributed by atoms with Gasteiger partial charge >= 0.3 is 0 Å². The van der Waals surface area contributed by atoms with Gasteiger partial charge in [0.15, 0.2) is 0 Å². The minimum Gasteiger partial charge on any atom is -0.330 e. The van der Waals surface area contributed by atoms with Gasteiger partial charge in [0, 0.05) is 6.04 Å². The molecule has 2 N–H and O–H groups in total. The quantitative estimate of drug-likeness (QED) is 0.829. The molecule has 2 heteroatoms. The van der Waals surface area contributed by atoms with E-state index in [1.165, 1.54) is 50.6 Å². The highest BCUT2D eigenvalue weighted by Gasteiger charge is 2.31. The van der Waals surface area contributed by atoms with E-state index < -0.39 is 0 Å². The molecule has 0 saturated heterocycles. The number of benzene rings is 1. The molecule has 1 aromatic rings. The second-order valence-electron chi connectivity index (χ2n) is 6.72. The zero-order valence-electron chi connectivity index (χ0n) is 13.8. The number of nitrogens with zero attached hydrogens (tertiary/aromatic N) is 1. The van der Waals surface area contributed by atoms with Crippen LogP contribution in [0.5, 0.6) is 0 Å². The Morgan fingerprint density at radius 2 is 1.95 bits per heavy atom. The summed E-state index contributed by atoms with van der Waals surface area (Å²) in [5, 5.41) is 0. The topological polar surface area (TPSA) is 29.3 Å². The van der Waals surface area contributed by atoms with Crippen LogP contribution in [0.4, 0.5) is 0 Å². The lowest BCUT2D eigenvalue weighted by atomic mass is 9.76. The Balaban J connectivity index is 1.81. The molecule has 1 aliphatic carbocycles. The normalized spacial score (nSPS) is 26.2. The van der Waals surface area contributed by atoms with Crippen molar-refractivity contribution in [1.29, 1.82) is 0 Å². The van der Waals surface area contributed by atoms with Gasteiger partial charge in [0.1, 0.15) is 0 Å². The van der Waals surface area contributed by atoms with Gasteiger partial charge in [-0.05, 0) is 63.2 Å².